The van der Waals surface area contributed by atoms with Crippen molar-refractivity contribution < 1.29 is 4.79 Å². The molecule has 2 aromatic carbocycles. The lowest BCUT2D eigenvalue weighted by Gasteiger charge is -2.15. The van der Waals surface area contributed by atoms with E-state index in [1.54, 1.807) is 12.1 Å². The van der Waals surface area contributed by atoms with Crippen LogP contribution in [0.15, 0.2) is 42.5 Å². The van der Waals surface area contributed by atoms with Crippen LogP contribution in [0.4, 0.5) is 5.69 Å². The highest BCUT2D eigenvalue weighted by molar-refractivity contribution is 14.1. The Bertz CT molecular complexity index is 807. The van der Waals surface area contributed by atoms with E-state index >= 15 is 0 Å². The number of nitrogens with zero attached hydrogens (tertiary/aromatic N) is 1. The highest BCUT2D eigenvalue weighted by Crippen LogP contribution is 2.19. The second-order valence-electron chi connectivity index (χ2n) is 6.21. The van der Waals surface area contributed by atoms with E-state index in [1.807, 2.05) is 18.2 Å². The minimum atomic E-state index is -0.323. The monoisotopic (exact) mass is 499 g/mol. The molecule has 7 heteroatoms. The number of nitrogens with one attached hydrogen (secondary N) is 2. The Balaban J connectivity index is 1.55. The van der Waals surface area contributed by atoms with Crippen LogP contribution < -0.4 is 10.6 Å². The average molecular weight is 500 g/mol. The molecule has 1 aliphatic heterocycles. The number of carbonyl (C=O) groups is 1. The van der Waals surface area contributed by atoms with Gasteiger partial charge in [0.05, 0.1) is 10.6 Å². The van der Waals surface area contributed by atoms with E-state index in [0.717, 1.165) is 15.8 Å². The molecule has 1 amide bonds. The molecule has 4 nitrogen and oxygen atoms in total. The Morgan fingerprint density at radius 1 is 1.15 bits per heavy atom. The summed E-state index contributed by atoms with van der Waals surface area (Å²) < 4.78 is 0.935. The normalized spacial score (nSPS) is 14.2. The lowest BCUT2D eigenvalue weighted by molar-refractivity contribution is 0.0978. The Labute approximate surface area is 177 Å². The van der Waals surface area contributed by atoms with Gasteiger partial charge in [-0.05, 0) is 96.6 Å². The highest BCUT2D eigenvalue weighted by Gasteiger charge is 2.13. The van der Waals surface area contributed by atoms with E-state index in [4.69, 9.17) is 23.8 Å². The van der Waals surface area contributed by atoms with Crippen molar-refractivity contribution in [2.24, 2.45) is 0 Å². The van der Waals surface area contributed by atoms with Crippen molar-refractivity contribution in [2.75, 3.05) is 18.4 Å². The predicted molar refractivity (Wildman–Crippen MR) is 119 cm³/mol. The van der Waals surface area contributed by atoms with Gasteiger partial charge in [0.15, 0.2) is 5.11 Å². The van der Waals surface area contributed by atoms with Crippen molar-refractivity contribution in [3.05, 3.63) is 62.2 Å². The maximum Gasteiger partial charge on any atom is 0.258 e. The Hall–Kier alpha value is -1.22. The largest absolute Gasteiger partial charge is 0.332 e. The van der Waals surface area contributed by atoms with Crippen LogP contribution in [0.3, 0.4) is 0 Å². The first-order valence-corrected chi connectivity index (χ1v) is 10.3. The van der Waals surface area contributed by atoms with Crippen molar-refractivity contribution in [3.63, 3.8) is 0 Å². The fraction of sp³-hybridized carbons (Fsp3) is 0.263. The molecule has 1 heterocycles. The fourth-order valence-corrected chi connectivity index (χ4v) is 3.80. The first kappa shape index (κ1) is 19.5. The van der Waals surface area contributed by atoms with Gasteiger partial charge in [-0.15, -0.1) is 0 Å². The van der Waals surface area contributed by atoms with Gasteiger partial charge < -0.3 is 5.32 Å². The summed E-state index contributed by atoms with van der Waals surface area (Å²) in [6.07, 6.45) is 2.58. The Morgan fingerprint density at radius 3 is 2.54 bits per heavy atom. The number of benzene rings is 2. The number of hydrogen-bond acceptors (Lipinski definition) is 3. The molecule has 0 radical (unpaired) electrons. The molecule has 26 heavy (non-hydrogen) atoms. The van der Waals surface area contributed by atoms with E-state index in [9.17, 15) is 4.79 Å². The molecule has 3 rings (SSSR count). The average Bonchev–Trinajstić information content (AvgIpc) is 3.11. The molecule has 136 valence electrons. The predicted octanol–water partition coefficient (Wildman–Crippen LogP) is 4.67. The number of halogens is 2. The van der Waals surface area contributed by atoms with Crippen LogP contribution in [0.1, 0.15) is 28.8 Å². The summed E-state index contributed by atoms with van der Waals surface area (Å²) in [6.45, 7) is 3.33. The molecule has 0 atom stereocenters. The van der Waals surface area contributed by atoms with Crippen molar-refractivity contribution >= 4 is 63.1 Å². The number of thiocarbonyl (C=S) groups is 1. The molecule has 1 fully saturated rings. The maximum atomic E-state index is 12.3. The molecule has 2 N–H and O–H groups in total. The van der Waals surface area contributed by atoms with E-state index in [0.29, 0.717) is 10.6 Å². The van der Waals surface area contributed by atoms with Crippen molar-refractivity contribution in [2.45, 2.75) is 19.4 Å². The third-order valence-electron chi connectivity index (χ3n) is 4.22. The molecule has 0 aromatic heterocycles. The van der Waals surface area contributed by atoms with Gasteiger partial charge in [-0.2, -0.15) is 0 Å². The van der Waals surface area contributed by atoms with Gasteiger partial charge in [0.1, 0.15) is 0 Å². The van der Waals surface area contributed by atoms with Gasteiger partial charge >= 0.3 is 0 Å². The summed E-state index contributed by atoms with van der Waals surface area (Å²) in [4.78, 5) is 14.8. The quantitative estimate of drug-likeness (QED) is 0.474. The van der Waals surface area contributed by atoms with Crippen LogP contribution in [-0.4, -0.2) is 29.0 Å². The smallest absolute Gasteiger partial charge is 0.258 e. The number of rotatable bonds is 4. The van der Waals surface area contributed by atoms with Gasteiger partial charge in [0, 0.05) is 15.8 Å². The number of hydrogen-bond donors (Lipinski definition) is 2. The molecular formula is C19H19ClIN3OS. The Kier molecular flexibility index (Phi) is 6.86. The zero-order chi connectivity index (χ0) is 18.5. The molecule has 0 bridgehead atoms. The fourth-order valence-electron chi connectivity index (χ4n) is 2.90. The van der Waals surface area contributed by atoms with Gasteiger partial charge in [-0.3, -0.25) is 15.0 Å². The van der Waals surface area contributed by atoms with Gasteiger partial charge in [-0.25, -0.2) is 0 Å². The molecular weight excluding hydrogens is 481 g/mol. The molecule has 0 unspecified atom stereocenters. The minimum absolute atomic E-state index is 0.247. The number of likely N-dealkylation sites (tertiary alicyclic amines) is 1. The Morgan fingerprint density at radius 2 is 1.85 bits per heavy atom. The zero-order valence-corrected chi connectivity index (χ0v) is 17.8. The van der Waals surface area contributed by atoms with Crippen molar-refractivity contribution in [1.29, 1.82) is 0 Å². The van der Waals surface area contributed by atoms with Crippen LogP contribution in [-0.2, 0) is 6.54 Å². The van der Waals surface area contributed by atoms with Crippen LogP contribution in [0.5, 0.6) is 0 Å². The highest BCUT2D eigenvalue weighted by atomic mass is 127. The van der Waals surface area contributed by atoms with Crippen LogP contribution in [0, 0.1) is 3.57 Å². The zero-order valence-electron chi connectivity index (χ0n) is 14.1. The first-order valence-electron chi connectivity index (χ1n) is 8.40. The third-order valence-corrected chi connectivity index (χ3v) is 5.42. The third kappa shape index (κ3) is 5.39. The van der Waals surface area contributed by atoms with E-state index in [-0.39, 0.29) is 11.0 Å². The maximum absolute atomic E-state index is 12.3. The SMILES string of the molecule is O=C(NC(=S)Nc1ccc(CN2CCCC2)cc1)c1cc(I)ccc1Cl. The molecule has 1 saturated heterocycles. The summed E-state index contributed by atoms with van der Waals surface area (Å²) in [5, 5.41) is 6.36. The van der Waals surface area contributed by atoms with Gasteiger partial charge in [-0.1, -0.05) is 23.7 Å². The summed E-state index contributed by atoms with van der Waals surface area (Å²) in [6, 6.07) is 13.4. The van der Waals surface area contributed by atoms with Gasteiger partial charge in [0.25, 0.3) is 5.91 Å². The number of carbonyl (C=O) groups excluding carboxylic acids is 1. The lowest BCUT2D eigenvalue weighted by Crippen LogP contribution is -2.34. The summed E-state index contributed by atoms with van der Waals surface area (Å²) in [5.41, 5.74) is 2.52. The molecule has 0 aliphatic carbocycles. The van der Waals surface area contributed by atoms with Gasteiger partial charge in [0.2, 0.25) is 0 Å². The molecule has 2 aromatic rings. The van der Waals surface area contributed by atoms with E-state index in [1.165, 1.54) is 31.5 Å². The van der Waals surface area contributed by atoms with E-state index in [2.05, 4.69) is 50.3 Å². The number of anilines is 1. The topological polar surface area (TPSA) is 44.4 Å². The van der Waals surface area contributed by atoms with Crippen molar-refractivity contribution in [1.82, 2.24) is 10.2 Å². The second kappa shape index (κ2) is 9.12. The van der Waals surface area contributed by atoms with Crippen molar-refractivity contribution in [3.8, 4) is 0 Å². The summed E-state index contributed by atoms with van der Waals surface area (Å²) in [7, 11) is 0. The van der Waals surface area contributed by atoms with Crippen LogP contribution in [0.25, 0.3) is 0 Å². The molecule has 0 saturated carbocycles. The minimum Gasteiger partial charge on any atom is -0.332 e. The molecule has 1 aliphatic rings. The summed E-state index contributed by atoms with van der Waals surface area (Å²) >= 11 is 13.5. The van der Waals surface area contributed by atoms with E-state index < -0.39 is 0 Å². The first-order chi connectivity index (χ1) is 12.5. The number of amides is 1. The molecule has 0 spiro atoms. The lowest BCUT2D eigenvalue weighted by atomic mass is 10.2. The van der Waals surface area contributed by atoms with Crippen LogP contribution >= 0.6 is 46.4 Å². The summed E-state index contributed by atoms with van der Waals surface area (Å²) in [5.74, 6) is -0.323. The second-order valence-corrected chi connectivity index (χ2v) is 8.27. The standard InChI is InChI=1S/C19H19ClIN3OS/c20-17-8-5-14(21)11-16(17)18(25)23-19(26)22-15-6-3-13(4-7-15)12-24-9-1-2-10-24/h3-8,11H,1-2,9-10,12H2,(H2,22,23,25,26). The van der Waals surface area contributed by atoms with Crippen LogP contribution in [0.2, 0.25) is 5.02 Å².